The van der Waals surface area contributed by atoms with Crippen LogP contribution in [-0.2, 0) is 21.3 Å². The molecule has 0 aliphatic heterocycles. The Morgan fingerprint density at radius 2 is 1.73 bits per heavy atom. The number of aromatic nitrogens is 2. The second kappa shape index (κ2) is 9.88. The SMILES string of the molecule is COC(=O)C(OC)Oc1ccccc1Oc1cc(-n2c(=O)cc(C)n(C)c2=O)c(F)cc1Cl. The van der Waals surface area contributed by atoms with Gasteiger partial charge in [0.05, 0.1) is 17.8 Å². The summed E-state index contributed by atoms with van der Waals surface area (Å²) >= 11 is 6.16. The minimum absolute atomic E-state index is 0.0642. The summed E-state index contributed by atoms with van der Waals surface area (Å²) in [6.45, 7) is 1.58. The highest BCUT2D eigenvalue weighted by Gasteiger charge is 2.23. The van der Waals surface area contributed by atoms with Gasteiger partial charge in [-0.05, 0) is 25.1 Å². The van der Waals surface area contributed by atoms with Gasteiger partial charge in [0, 0.05) is 32.0 Å². The molecule has 0 bridgehead atoms. The Balaban J connectivity index is 2.06. The summed E-state index contributed by atoms with van der Waals surface area (Å²) in [4.78, 5) is 36.9. The van der Waals surface area contributed by atoms with Crippen LogP contribution in [0.25, 0.3) is 5.69 Å². The summed E-state index contributed by atoms with van der Waals surface area (Å²) in [6, 6.07) is 9.52. The second-order valence-corrected chi connectivity index (χ2v) is 7.20. The number of carbonyl (C=O) groups is 1. The summed E-state index contributed by atoms with van der Waals surface area (Å²) in [7, 11) is 3.89. The molecule has 0 saturated heterocycles. The molecule has 33 heavy (non-hydrogen) atoms. The first-order chi connectivity index (χ1) is 15.7. The van der Waals surface area contributed by atoms with Crippen LogP contribution in [0.5, 0.6) is 17.2 Å². The Labute approximate surface area is 192 Å². The van der Waals surface area contributed by atoms with Crippen LogP contribution < -0.4 is 20.7 Å². The molecule has 9 nitrogen and oxygen atoms in total. The lowest BCUT2D eigenvalue weighted by molar-refractivity contribution is -0.170. The van der Waals surface area contributed by atoms with Crippen molar-refractivity contribution in [2.24, 2.45) is 7.05 Å². The average molecular weight is 479 g/mol. The molecule has 0 radical (unpaired) electrons. The fraction of sp³-hybridized carbons (Fsp3) is 0.227. The van der Waals surface area contributed by atoms with E-state index in [1.807, 2.05) is 0 Å². The van der Waals surface area contributed by atoms with Gasteiger partial charge in [-0.15, -0.1) is 0 Å². The molecule has 0 spiro atoms. The zero-order chi connectivity index (χ0) is 24.3. The number of halogens is 2. The summed E-state index contributed by atoms with van der Waals surface area (Å²) < 4.78 is 37.5. The van der Waals surface area contributed by atoms with Crippen molar-refractivity contribution in [3.05, 3.63) is 79.8 Å². The van der Waals surface area contributed by atoms with Gasteiger partial charge < -0.3 is 23.5 Å². The van der Waals surface area contributed by atoms with Crippen LogP contribution in [0.15, 0.2) is 52.1 Å². The van der Waals surface area contributed by atoms with E-state index in [4.69, 9.17) is 25.8 Å². The van der Waals surface area contributed by atoms with Crippen molar-refractivity contribution in [2.45, 2.75) is 13.2 Å². The first-order valence-corrected chi connectivity index (χ1v) is 9.89. The smallest absolute Gasteiger partial charge is 0.376 e. The number of aryl methyl sites for hydroxylation is 1. The molecule has 0 amide bonds. The molecule has 3 rings (SSSR count). The number of rotatable bonds is 7. The zero-order valence-corrected chi connectivity index (χ0v) is 18.9. The Morgan fingerprint density at radius 3 is 2.36 bits per heavy atom. The predicted octanol–water partition coefficient (Wildman–Crippen LogP) is 2.95. The van der Waals surface area contributed by atoms with Gasteiger partial charge in [0.1, 0.15) is 11.6 Å². The molecule has 1 aromatic heterocycles. The number of methoxy groups -OCH3 is 2. The maximum atomic E-state index is 14.7. The number of esters is 1. The normalized spacial score (nSPS) is 11.7. The average Bonchev–Trinajstić information content (AvgIpc) is 2.79. The van der Waals surface area contributed by atoms with Gasteiger partial charge in [-0.25, -0.2) is 18.5 Å². The fourth-order valence-electron chi connectivity index (χ4n) is 2.88. The van der Waals surface area contributed by atoms with Crippen molar-refractivity contribution < 1.29 is 28.1 Å². The molecule has 174 valence electrons. The third kappa shape index (κ3) is 4.91. The number of para-hydroxylation sites is 2. The molecule has 0 saturated carbocycles. The fourth-order valence-corrected chi connectivity index (χ4v) is 3.07. The van der Waals surface area contributed by atoms with Gasteiger partial charge in [-0.1, -0.05) is 23.7 Å². The van der Waals surface area contributed by atoms with Crippen LogP contribution >= 0.6 is 11.6 Å². The number of nitrogens with zero attached hydrogens (tertiary/aromatic N) is 2. The topological polar surface area (TPSA) is 98.0 Å². The van der Waals surface area contributed by atoms with Crippen LogP contribution in [0, 0.1) is 12.7 Å². The van der Waals surface area contributed by atoms with E-state index < -0.39 is 29.3 Å². The molecule has 0 fully saturated rings. The molecule has 11 heteroatoms. The monoisotopic (exact) mass is 478 g/mol. The minimum atomic E-state index is -1.37. The van der Waals surface area contributed by atoms with Gasteiger partial charge in [0.2, 0.25) is 0 Å². The van der Waals surface area contributed by atoms with Gasteiger partial charge >= 0.3 is 11.7 Å². The molecule has 1 heterocycles. The Hall–Kier alpha value is -3.63. The number of hydrogen-bond donors (Lipinski definition) is 0. The minimum Gasteiger partial charge on any atom is -0.464 e. The summed E-state index contributed by atoms with van der Waals surface area (Å²) in [5, 5.41) is -0.126. The zero-order valence-electron chi connectivity index (χ0n) is 18.1. The first-order valence-electron chi connectivity index (χ1n) is 9.51. The third-order valence-corrected chi connectivity index (χ3v) is 5.01. The number of ether oxygens (including phenoxy) is 4. The molecule has 0 N–H and O–H groups in total. The van der Waals surface area contributed by atoms with E-state index in [-0.39, 0.29) is 28.0 Å². The van der Waals surface area contributed by atoms with Gasteiger partial charge in [0.25, 0.3) is 11.8 Å². The van der Waals surface area contributed by atoms with Crippen molar-refractivity contribution in [1.29, 1.82) is 0 Å². The molecular weight excluding hydrogens is 459 g/mol. The summed E-state index contributed by atoms with van der Waals surface area (Å²) in [5.74, 6) is -1.54. The third-order valence-electron chi connectivity index (χ3n) is 4.71. The molecule has 3 aromatic rings. The van der Waals surface area contributed by atoms with E-state index in [1.54, 1.807) is 19.1 Å². The van der Waals surface area contributed by atoms with Crippen LogP contribution in [-0.4, -0.2) is 35.6 Å². The Kier molecular flexibility index (Phi) is 7.19. The Bertz CT molecular complexity index is 1320. The highest BCUT2D eigenvalue weighted by molar-refractivity contribution is 6.32. The maximum Gasteiger partial charge on any atom is 0.376 e. The van der Waals surface area contributed by atoms with Crippen LogP contribution in [0.2, 0.25) is 5.02 Å². The van der Waals surface area contributed by atoms with E-state index in [0.717, 1.165) is 12.1 Å². The summed E-state index contributed by atoms with van der Waals surface area (Å²) in [6.07, 6.45) is -1.37. The van der Waals surface area contributed by atoms with Crippen molar-refractivity contribution in [2.75, 3.05) is 14.2 Å². The van der Waals surface area contributed by atoms with E-state index >= 15 is 0 Å². The molecule has 0 aliphatic carbocycles. The largest absolute Gasteiger partial charge is 0.464 e. The van der Waals surface area contributed by atoms with Crippen molar-refractivity contribution in [3.63, 3.8) is 0 Å². The van der Waals surface area contributed by atoms with Crippen molar-refractivity contribution in [3.8, 4) is 22.9 Å². The summed E-state index contributed by atoms with van der Waals surface area (Å²) in [5.41, 5.74) is -1.39. The predicted molar refractivity (Wildman–Crippen MR) is 117 cm³/mol. The highest BCUT2D eigenvalue weighted by atomic mass is 35.5. The van der Waals surface area contributed by atoms with Crippen molar-refractivity contribution >= 4 is 17.6 Å². The molecular formula is C22H20ClFN2O7. The lowest BCUT2D eigenvalue weighted by Gasteiger charge is -2.18. The maximum absolute atomic E-state index is 14.7. The number of hydrogen-bond acceptors (Lipinski definition) is 7. The van der Waals surface area contributed by atoms with Crippen molar-refractivity contribution in [1.82, 2.24) is 9.13 Å². The highest BCUT2D eigenvalue weighted by Crippen LogP contribution is 2.37. The molecule has 2 aromatic carbocycles. The van der Waals surface area contributed by atoms with E-state index in [2.05, 4.69) is 4.74 Å². The number of benzene rings is 2. The molecule has 0 aliphatic rings. The molecule has 1 atom stereocenters. The lowest BCUT2D eigenvalue weighted by Crippen LogP contribution is -2.38. The molecule has 1 unspecified atom stereocenters. The lowest BCUT2D eigenvalue weighted by atomic mass is 10.2. The Morgan fingerprint density at radius 1 is 1.06 bits per heavy atom. The van der Waals surface area contributed by atoms with Crippen LogP contribution in [0.1, 0.15) is 5.69 Å². The first kappa shape index (κ1) is 24.0. The van der Waals surface area contributed by atoms with Gasteiger partial charge in [0.15, 0.2) is 11.5 Å². The van der Waals surface area contributed by atoms with E-state index in [9.17, 15) is 18.8 Å². The van der Waals surface area contributed by atoms with E-state index in [0.29, 0.717) is 10.3 Å². The van der Waals surface area contributed by atoms with Gasteiger partial charge in [-0.3, -0.25) is 4.79 Å². The van der Waals surface area contributed by atoms with Gasteiger partial charge in [-0.2, -0.15) is 0 Å². The number of carbonyl (C=O) groups excluding carboxylic acids is 1. The van der Waals surface area contributed by atoms with Crippen LogP contribution in [0.3, 0.4) is 0 Å². The van der Waals surface area contributed by atoms with E-state index in [1.165, 1.54) is 44.0 Å². The second-order valence-electron chi connectivity index (χ2n) is 6.79. The quantitative estimate of drug-likeness (QED) is 0.380. The standard InChI is InChI=1S/C22H20ClFN2O7/c1-12-9-19(27)26(22(29)25(12)2)15-11-18(13(23)10-14(15)24)32-16-7-5-6-8-17(16)33-21(31-4)20(28)30-3/h5-11,21H,1-4H3. The van der Waals surface area contributed by atoms with Crippen LogP contribution in [0.4, 0.5) is 4.39 Å².